The van der Waals surface area contributed by atoms with Gasteiger partial charge < -0.3 is 15.8 Å². The van der Waals surface area contributed by atoms with Crippen LogP contribution in [0.25, 0.3) is 22.3 Å². The van der Waals surface area contributed by atoms with Gasteiger partial charge in [-0.2, -0.15) is 10.4 Å². The van der Waals surface area contributed by atoms with Gasteiger partial charge in [0.1, 0.15) is 41.0 Å². The topological polar surface area (TPSA) is 132 Å². The first-order valence-electron chi connectivity index (χ1n) is 12.5. The Balaban J connectivity index is 1.36. The molecule has 0 bridgehead atoms. The molecule has 5 rings (SSSR count). The van der Waals surface area contributed by atoms with Gasteiger partial charge in [-0.25, -0.2) is 14.6 Å². The molecule has 3 N–H and O–H groups in total. The highest BCUT2D eigenvalue weighted by molar-refractivity contribution is 5.98. The van der Waals surface area contributed by atoms with Crippen LogP contribution >= 0.6 is 0 Å². The maximum absolute atomic E-state index is 12.6. The highest BCUT2D eigenvalue weighted by Gasteiger charge is 2.26. The molecule has 9 heteroatoms. The van der Waals surface area contributed by atoms with Crippen LogP contribution in [0.5, 0.6) is 11.5 Å². The third-order valence-electron chi connectivity index (χ3n) is 6.36. The zero-order valence-corrected chi connectivity index (χ0v) is 21.4. The number of nitrogens with one attached hydrogen (secondary N) is 1. The summed E-state index contributed by atoms with van der Waals surface area (Å²) in [5, 5.41) is 17.8. The van der Waals surface area contributed by atoms with Crippen LogP contribution in [-0.2, 0) is 11.3 Å². The van der Waals surface area contributed by atoms with E-state index in [4.69, 9.17) is 15.6 Å². The Morgan fingerprint density at radius 3 is 2.55 bits per heavy atom. The number of carbonyl (C=O) groups is 1. The van der Waals surface area contributed by atoms with Gasteiger partial charge in [-0.1, -0.05) is 38.1 Å². The Morgan fingerprint density at radius 2 is 1.87 bits per heavy atom. The lowest BCUT2D eigenvalue weighted by Gasteiger charge is -2.25. The third-order valence-corrected chi connectivity index (χ3v) is 6.36. The number of rotatable bonds is 9. The Kier molecular flexibility index (Phi) is 6.79. The second kappa shape index (κ2) is 10.3. The SMILES string of the molecule is CC(C)(CNC(=O)/C(C#N)=C\C1CC1)Cn1nc(-c2ccc(Oc3ccccc3)cc2)c2c(N)ncnc21. The number of ether oxygens (including phenoxy) is 1. The lowest BCUT2D eigenvalue weighted by molar-refractivity contribution is -0.117. The normalized spacial score (nSPS) is 13.8. The molecule has 9 nitrogen and oxygen atoms in total. The van der Waals surface area contributed by atoms with E-state index in [2.05, 4.69) is 15.3 Å². The van der Waals surface area contributed by atoms with Gasteiger partial charge in [0.15, 0.2) is 5.65 Å². The molecule has 0 atom stereocenters. The van der Waals surface area contributed by atoms with Crippen LogP contribution in [0.4, 0.5) is 5.82 Å². The van der Waals surface area contributed by atoms with E-state index in [-0.39, 0.29) is 16.9 Å². The summed E-state index contributed by atoms with van der Waals surface area (Å²) in [4.78, 5) is 21.2. The number of benzene rings is 2. The Hall–Kier alpha value is -4.71. The molecule has 0 unspecified atom stereocenters. The summed E-state index contributed by atoms with van der Waals surface area (Å²) < 4.78 is 7.71. The van der Waals surface area contributed by atoms with Crippen molar-refractivity contribution in [1.82, 2.24) is 25.1 Å². The number of amides is 1. The van der Waals surface area contributed by atoms with Crippen molar-refractivity contribution in [2.24, 2.45) is 11.3 Å². The fourth-order valence-corrected chi connectivity index (χ4v) is 4.19. The van der Waals surface area contributed by atoms with E-state index in [0.717, 1.165) is 24.2 Å². The second-order valence-corrected chi connectivity index (χ2v) is 10.3. The molecule has 192 valence electrons. The minimum absolute atomic E-state index is 0.176. The molecule has 1 aliphatic rings. The van der Waals surface area contributed by atoms with Crippen molar-refractivity contribution in [3.8, 4) is 28.8 Å². The summed E-state index contributed by atoms with van der Waals surface area (Å²) in [6, 6.07) is 19.2. The number of fused-ring (bicyclic) bond motifs is 1. The largest absolute Gasteiger partial charge is 0.457 e. The number of nitrogens with zero attached hydrogens (tertiary/aromatic N) is 5. The number of nitrogen functional groups attached to an aromatic ring is 1. The number of aromatic nitrogens is 4. The van der Waals surface area contributed by atoms with Gasteiger partial charge in [0.05, 0.1) is 11.9 Å². The molecule has 1 amide bonds. The smallest absolute Gasteiger partial charge is 0.261 e. The molecular formula is C29H29N7O2. The number of nitriles is 1. The lowest BCUT2D eigenvalue weighted by atomic mass is 9.93. The van der Waals surface area contributed by atoms with Crippen LogP contribution in [0.3, 0.4) is 0 Å². The van der Waals surface area contributed by atoms with Gasteiger partial charge in [-0.3, -0.25) is 4.79 Å². The monoisotopic (exact) mass is 507 g/mol. The predicted octanol–water partition coefficient (Wildman–Crippen LogP) is 4.87. The van der Waals surface area contributed by atoms with Crippen molar-refractivity contribution in [2.45, 2.75) is 33.2 Å². The number of allylic oxidation sites excluding steroid dienone is 1. The van der Waals surface area contributed by atoms with E-state index in [9.17, 15) is 10.1 Å². The van der Waals surface area contributed by atoms with Crippen LogP contribution in [0.2, 0.25) is 0 Å². The van der Waals surface area contributed by atoms with Crippen molar-refractivity contribution in [3.05, 3.63) is 72.6 Å². The molecule has 2 heterocycles. The maximum Gasteiger partial charge on any atom is 0.261 e. The average molecular weight is 508 g/mol. The van der Waals surface area contributed by atoms with Gasteiger partial charge in [-0.05, 0) is 55.2 Å². The third kappa shape index (κ3) is 5.65. The first-order valence-corrected chi connectivity index (χ1v) is 12.5. The minimum atomic E-state index is -0.390. The van der Waals surface area contributed by atoms with E-state index in [1.807, 2.05) is 74.5 Å². The number of carbonyl (C=O) groups excluding carboxylic acids is 1. The minimum Gasteiger partial charge on any atom is -0.457 e. The highest BCUT2D eigenvalue weighted by atomic mass is 16.5. The first-order chi connectivity index (χ1) is 18.3. The van der Waals surface area contributed by atoms with E-state index >= 15 is 0 Å². The summed E-state index contributed by atoms with van der Waals surface area (Å²) in [5.41, 5.74) is 8.19. The van der Waals surface area contributed by atoms with Crippen molar-refractivity contribution in [1.29, 1.82) is 5.26 Å². The molecule has 0 saturated heterocycles. The number of hydrogen-bond donors (Lipinski definition) is 2. The van der Waals surface area contributed by atoms with Gasteiger partial charge in [0.25, 0.3) is 5.91 Å². The van der Waals surface area contributed by atoms with Crippen molar-refractivity contribution >= 4 is 22.8 Å². The number of para-hydroxylation sites is 1. The number of nitrogens with two attached hydrogens (primary N) is 1. The van der Waals surface area contributed by atoms with Crippen molar-refractivity contribution in [2.75, 3.05) is 12.3 Å². The molecule has 0 aliphatic heterocycles. The summed E-state index contributed by atoms with van der Waals surface area (Å²) in [7, 11) is 0. The molecule has 1 fully saturated rings. The standard InChI is InChI=1S/C29H29N7O2/c1-29(2,16-32-28(37)21(15-30)14-19-8-9-19)17-36-27-24(26(31)33-18-34-27)25(35-36)20-10-12-23(13-11-20)38-22-6-4-3-5-7-22/h3-7,10-14,18-19H,8-9,16-17H2,1-2H3,(H,32,37)(H2,31,33,34)/b21-14-. The number of anilines is 1. The van der Waals surface area contributed by atoms with Crippen LogP contribution in [-0.4, -0.2) is 32.2 Å². The second-order valence-electron chi connectivity index (χ2n) is 10.3. The van der Waals surface area contributed by atoms with Crippen molar-refractivity contribution < 1.29 is 9.53 Å². The average Bonchev–Trinajstić information content (AvgIpc) is 3.67. The zero-order valence-electron chi connectivity index (χ0n) is 21.4. The fraction of sp³-hybridized carbons (Fsp3) is 0.276. The summed E-state index contributed by atoms with van der Waals surface area (Å²) in [6.07, 6.45) is 5.26. The molecule has 38 heavy (non-hydrogen) atoms. The van der Waals surface area contributed by atoms with E-state index in [0.29, 0.717) is 47.3 Å². The summed E-state index contributed by atoms with van der Waals surface area (Å²) in [6.45, 7) is 4.87. The molecule has 0 spiro atoms. The molecule has 2 aromatic heterocycles. The molecule has 2 aromatic carbocycles. The summed E-state index contributed by atoms with van der Waals surface area (Å²) >= 11 is 0. The zero-order chi connectivity index (χ0) is 26.7. The van der Waals surface area contributed by atoms with Crippen LogP contribution in [0.15, 0.2) is 72.6 Å². The molecule has 0 radical (unpaired) electrons. The quantitative estimate of drug-likeness (QED) is 0.244. The lowest BCUT2D eigenvalue weighted by Crippen LogP contribution is -2.37. The van der Waals surface area contributed by atoms with Crippen LogP contribution in [0.1, 0.15) is 26.7 Å². The molecule has 1 aliphatic carbocycles. The predicted molar refractivity (Wildman–Crippen MR) is 145 cm³/mol. The molecule has 1 saturated carbocycles. The maximum atomic E-state index is 12.6. The molecule has 4 aromatic rings. The highest BCUT2D eigenvalue weighted by Crippen LogP contribution is 2.33. The van der Waals surface area contributed by atoms with Crippen LogP contribution in [0, 0.1) is 22.7 Å². The Bertz CT molecular complexity index is 1530. The number of hydrogen-bond acceptors (Lipinski definition) is 7. The first kappa shape index (κ1) is 25.0. The van der Waals surface area contributed by atoms with Crippen LogP contribution < -0.4 is 15.8 Å². The van der Waals surface area contributed by atoms with Gasteiger partial charge >= 0.3 is 0 Å². The van der Waals surface area contributed by atoms with Gasteiger partial charge in [0, 0.05) is 17.5 Å². The Labute approximate surface area is 221 Å². The Morgan fingerprint density at radius 1 is 1.16 bits per heavy atom. The van der Waals surface area contributed by atoms with Gasteiger partial charge in [0.2, 0.25) is 0 Å². The molecular weight excluding hydrogens is 478 g/mol. The summed E-state index contributed by atoms with van der Waals surface area (Å²) in [5.74, 6) is 1.81. The van der Waals surface area contributed by atoms with Gasteiger partial charge in [-0.15, -0.1) is 0 Å². The van der Waals surface area contributed by atoms with E-state index < -0.39 is 0 Å². The van der Waals surface area contributed by atoms with Crippen molar-refractivity contribution in [3.63, 3.8) is 0 Å². The fourth-order valence-electron chi connectivity index (χ4n) is 4.19. The van der Waals surface area contributed by atoms with E-state index in [1.165, 1.54) is 6.33 Å². The van der Waals surface area contributed by atoms with E-state index in [1.54, 1.807) is 10.8 Å².